The second-order valence-electron chi connectivity index (χ2n) is 12.7. The predicted molar refractivity (Wildman–Crippen MR) is 176 cm³/mol. The summed E-state index contributed by atoms with van der Waals surface area (Å²) in [7, 11) is 0. The van der Waals surface area contributed by atoms with Crippen LogP contribution in [0.5, 0.6) is 5.75 Å². The van der Waals surface area contributed by atoms with Gasteiger partial charge in [0, 0.05) is 58.3 Å². The van der Waals surface area contributed by atoms with Crippen molar-refractivity contribution in [1.82, 2.24) is 29.9 Å². The number of halogens is 1. The van der Waals surface area contributed by atoms with Crippen LogP contribution < -0.4 is 10.1 Å². The molecule has 0 spiro atoms. The summed E-state index contributed by atoms with van der Waals surface area (Å²) >= 11 is 0. The summed E-state index contributed by atoms with van der Waals surface area (Å²) in [6.45, 7) is 5.43. The van der Waals surface area contributed by atoms with E-state index in [1.807, 2.05) is 0 Å². The minimum absolute atomic E-state index is 0.0518. The van der Waals surface area contributed by atoms with Crippen LogP contribution in [0, 0.1) is 12.7 Å². The Morgan fingerprint density at radius 3 is 2.34 bits per heavy atom. The van der Waals surface area contributed by atoms with Crippen LogP contribution >= 0.6 is 0 Å². The average Bonchev–Trinajstić information content (AvgIpc) is 3.81. The fraction of sp³-hybridized carbons (Fsp3) is 0.559. The Labute approximate surface area is 288 Å². The summed E-state index contributed by atoms with van der Waals surface area (Å²) < 4.78 is 26.2. The number of carboxylic acids is 1. The number of carboxylic acid groups (broad SMARTS) is 1. The molecule has 3 fully saturated rings. The fourth-order valence-electron chi connectivity index (χ4n) is 6.64. The number of carbonyl (C=O) groups excluding carboxylic acids is 5. The SMILES string of the molecule is CCOC(=O)N1CCN(C(=O)[C@H](CCC(=O)O)NC(=O)c2cc(OCC(=O)N3CCC[C@H]3C(=O)N3CCCC3)c3c(F)cc(C)cc3n2)CC1. The lowest BCUT2D eigenvalue weighted by Gasteiger charge is -2.35. The van der Waals surface area contributed by atoms with Gasteiger partial charge < -0.3 is 39.5 Å². The number of piperazine rings is 1. The van der Waals surface area contributed by atoms with E-state index in [9.17, 15) is 33.9 Å². The van der Waals surface area contributed by atoms with Gasteiger partial charge in [-0.3, -0.25) is 24.0 Å². The number of aliphatic carboxylic acids is 1. The number of ether oxygens (including phenoxy) is 2. The Hall–Kier alpha value is -5.02. The van der Waals surface area contributed by atoms with Gasteiger partial charge in [-0.05, 0) is 63.6 Å². The van der Waals surface area contributed by atoms with E-state index in [1.54, 1.807) is 24.8 Å². The van der Waals surface area contributed by atoms with Crippen molar-refractivity contribution in [2.75, 3.05) is 59.0 Å². The van der Waals surface area contributed by atoms with E-state index in [-0.39, 0.29) is 67.5 Å². The van der Waals surface area contributed by atoms with Crippen LogP contribution in [0.25, 0.3) is 10.9 Å². The number of benzene rings is 1. The maximum absolute atomic E-state index is 15.3. The lowest BCUT2D eigenvalue weighted by Crippen LogP contribution is -2.56. The van der Waals surface area contributed by atoms with Crippen LogP contribution in [0.1, 0.15) is 61.5 Å². The molecule has 15 nitrogen and oxygen atoms in total. The largest absolute Gasteiger partial charge is 0.483 e. The quantitative estimate of drug-likeness (QED) is 0.352. The van der Waals surface area contributed by atoms with Gasteiger partial charge in [-0.25, -0.2) is 14.2 Å². The Morgan fingerprint density at radius 1 is 0.960 bits per heavy atom. The van der Waals surface area contributed by atoms with Crippen LogP contribution in [0.4, 0.5) is 9.18 Å². The number of hydrogen-bond acceptors (Lipinski definition) is 9. The molecule has 2 atom stereocenters. The van der Waals surface area contributed by atoms with Crippen molar-refractivity contribution in [2.24, 2.45) is 0 Å². The van der Waals surface area contributed by atoms with E-state index in [0.29, 0.717) is 38.0 Å². The molecular formula is C34H43FN6O9. The third-order valence-corrected chi connectivity index (χ3v) is 9.20. The molecule has 270 valence electrons. The first-order chi connectivity index (χ1) is 24.0. The van der Waals surface area contributed by atoms with Crippen LogP contribution in [0.15, 0.2) is 18.2 Å². The molecule has 3 aliphatic heterocycles. The molecule has 3 aliphatic rings. The van der Waals surface area contributed by atoms with E-state index in [1.165, 1.54) is 26.8 Å². The lowest BCUT2D eigenvalue weighted by molar-refractivity contribution is -0.144. The van der Waals surface area contributed by atoms with E-state index in [2.05, 4.69) is 10.3 Å². The molecule has 5 rings (SSSR count). The van der Waals surface area contributed by atoms with Gasteiger partial charge in [0.25, 0.3) is 11.8 Å². The Bertz CT molecular complexity index is 1640. The summed E-state index contributed by atoms with van der Waals surface area (Å²) in [5.74, 6) is -3.88. The van der Waals surface area contributed by atoms with Gasteiger partial charge in [0.15, 0.2) is 6.61 Å². The number of hydrogen-bond donors (Lipinski definition) is 2. The van der Waals surface area contributed by atoms with E-state index in [0.717, 1.165) is 12.8 Å². The maximum Gasteiger partial charge on any atom is 0.409 e. The molecule has 0 bridgehead atoms. The molecule has 4 heterocycles. The number of likely N-dealkylation sites (tertiary alicyclic amines) is 2. The smallest absolute Gasteiger partial charge is 0.409 e. The van der Waals surface area contributed by atoms with Gasteiger partial charge in [-0.2, -0.15) is 0 Å². The second kappa shape index (κ2) is 16.1. The molecule has 50 heavy (non-hydrogen) atoms. The highest BCUT2D eigenvalue weighted by atomic mass is 19.1. The monoisotopic (exact) mass is 698 g/mol. The molecule has 1 aromatic carbocycles. The molecule has 2 aromatic rings. The second-order valence-corrected chi connectivity index (χ2v) is 12.7. The molecule has 0 unspecified atom stereocenters. The Morgan fingerprint density at radius 2 is 1.66 bits per heavy atom. The standard InChI is InChI=1S/C34H43FN6O9/c1-3-49-34(48)40-15-13-39(14-16-40)32(46)23(8-9-29(43)44)37-31(45)25-19-27(30-22(35)17-21(2)18-24(30)36-25)50-20-28(42)41-12-6-7-26(41)33(47)38-10-4-5-11-38/h17-19,23,26H,3-16,20H2,1-2H3,(H,37,45)(H,43,44)/t23-,26-/m0/s1. The summed E-state index contributed by atoms with van der Waals surface area (Å²) in [5, 5.41) is 11.9. The van der Waals surface area contributed by atoms with Crippen molar-refractivity contribution in [3.63, 3.8) is 0 Å². The lowest BCUT2D eigenvalue weighted by atomic mass is 10.1. The van der Waals surface area contributed by atoms with Crippen molar-refractivity contribution in [2.45, 2.75) is 64.5 Å². The summed E-state index contributed by atoms with van der Waals surface area (Å²) in [5.41, 5.74) is 0.344. The van der Waals surface area contributed by atoms with Crippen molar-refractivity contribution in [3.05, 3.63) is 35.3 Å². The number of rotatable bonds is 11. The Balaban J connectivity index is 1.33. The number of nitrogens with zero attached hydrogens (tertiary/aromatic N) is 5. The van der Waals surface area contributed by atoms with Crippen LogP contribution in [-0.2, 0) is 23.9 Å². The first-order valence-electron chi connectivity index (χ1n) is 17.0. The van der Waals surface area contributed by atoms with Crippen LogP contribution in [-0.4, -0.2) is 136 Å². The van der Waals surface area contributed by atoms with Crippen molar-refractivity contribution >= 4 is 46.6 Å². The molecule has 3 saturated heterocycles. The number of pyridine rings is 1. The zero-order chi connectivity index (χ0) is 35.9. The first-order valence-corrected chi connectivity index (χ1v) is 17.0. The van der Waals surface area contributed by atoms with Gasteiger partial charge in [0.2, 0.25) is 11.8 Å². The molecule has 5 amide bonds. The van der Waals surface area contributed by atoms with Gasteiger partial charge >= 0.3 is 12.1 Å². The average molecular weight is 699 g/mol. The Kier molecular flexibility index (Phi) is 11.7. The van der Waals surface area contributed by atoms with Gasteiger partial charge in [-0.15, -0.1) is 0 Å². The number of carbonyl (C=O) groups is 6. The van der Waals surface area contributed by atoms with Crippen molar-refractivity contribution in [1.29, 1.82) is 0 Å². The zero-order valence-electron chi connectivity index (χ0n) is 28.3. The third kappa shape index (κ3) is 8.40. The predicted octanol–water partition coefficient (Wildman–Crippen LogP) is 1.94. The number of nitrogens with one attached hydrogen (secondary N) is 1. The van der Waals surface area contributed by atoms with E-state index < -0.39 is 60.7 Å². The highest BCUT2D eigenvalue weighted by molar-refractivity contribution is 6.00. The maximum atomic E-state index is 15.3. The van der Waals surface area contributed by atoms with Gasteiger partial charge in [0.05, 0.1) is 17.5 Å². The van der Waals surface area contributed by atoms with E-state index in [4.69, 9.17) is 9.47 Å². The molecule has 2 N–H and O–H groups in total. The number of amides is 5. The summed E-state index contributed by atoms with van der Waals surface area (Å²) in [6.07, 6.45) is 1.92. The molecule has 1 aromatic heterocycles. The minimum atomic E-state index is -1.24. The fourth-order valence-corrected chi connectivity index (χ4v) is 6.64. The van der Waals surface area contributed by atoms with Gasteiger partial charge in [-0.1, -0.05) is 0 Å². The first kappa shape index (κ1) is 36.3. The highest BCUT2D eigenvalue weighted by Gasteiger charge is 2.37. The number of fused-ring (bicyclic) bond motifs is 1. The number of aryl methyl sites for hydroxylation is 1. The van der Waals surface area contributed by atoms with Crippen LogP contribution in [0.3, 0.4) is 0 Å². The van der Waals surface area contributed by atoms with E-state index >= 15 is 4.39 Å². The number of aromatic nitrogens is 1. The van der Waals surface area contributed by atoms with Crippen molar-refractivity contribution in [3.8, 4) is 5.75 Å². The highest BCUT2D eigenvalue weighted by Crippen LogP contribution is 2.30. The normalized spacial score (nSPS) is 18.3. The third-order valence-electron chi connectivity index (χ3n) is 9.20. The zero-order valence-corrected chi connectivity index (χ0v) is 28.3. The summed E-state index contributed by atoms with van der Waals surface area (Å²) in [4.78, 5) is 87.6. The topological polar surface area (TPSA) is 179 Å². The molecule has 0 radical (unpaired) electrons. The van der Waals surface area contributed by atoms with Crippen molar-refractivity contribution < 1.29 is 47.7 Å². The minimum Gasteiger partial charge on any atom is -0.483 e. The molecular weight excluding hydrogens is 655 g/mol. The molecule has 0 aliphatic carbocycles. The summed E-state index contributed by atoms with van der Waals surface area (Å²) in [6, 6.07) is 2.16. The molecule has 0 saturated carbocycles. The molecule has 16 heteroatoms. The van der Waals surface area contributed by atoms with Crippen LogP contribution in [0.2, 0.25) is 0 Å². The van der Waals surface area contributed by atoms with Gasteiger partial charge in [0.1, 0.15) is 29.3 Å².